The van der Waals surface area contributed by atoms with E-state index in [0.29, 0.717) is 6.42 Å². The number of rotatable bonds is 6. The molecule has 1 N–H and O–H groups in total. The lowest BCUT2D eigenvalue weighted by Gasteiger charge is -2.20. The van der Waals surface area contributed by atoms with Crippen LogP contribution < -0.4 is 10.1 Å². The van der Waals surface area contributed by atoms with Crippen LogP contribution >= 0.6 is 0 Å². The molecule has 0 aliphatic rings. The van der Waals surface area contributed by atoms with E-state index in [-0.39, 0.29) is 5.91 Å². The van der Waals surface area contributed by atoms with Gasteiger partial charge in [-0.2, -0.15) is 0 Å². The smallest absolute Gasteiger partial charge is 0.265 e. The number of hydrogen-bond donors (Lipinski definition) is 1. The molecule has 0 bridgehead atoms. The van der Waals surface area contributed by atoms with Crippen LogP contribution in [0.1, 0.15) is 37.0 Å². The van der Waals surface area contributed by atoms with Crippen LogP contribution in [-0.4, -0.2) is 12.0 Å². The van der Waals surface area contributed by atoms with Gasteiger partial charge in [-0.3, -0.25) is 4.79 Å². The summed E-state index contributed by atoms with van der Waals surface area (Å²) in [7, 11) is 0. The van der Waals surface area contributed by atoms with Crippen molar-refractivity contribution in [2.75, 3.05) is 5.32 Å². The normalized spacial score (nSPS) is 11.8. The standard InChI is InChI=1S/C20H25NO2/c1-5-16-9-7-8-10-17(16)21-20(22)18(6-2)23-19-13-14(3)11-12-15(19)4/h7-13,18H,5-6H2,1-4H3,(H,21,22). The van der Waals surface area contributed by atoms with Gasteiger partial charge in [0.1, 0.15) is 5.75 Å². The molecule has 0 fully saturated rings. The number of aryl methyl sites for hydroxylation is 3. The fraction of sp³-hybridized carbons (Fsp3) is 0.350. The van der Waals surface area contributed by atoms with Crippen molar-refractivity contribution in [2.45, 2.75) is 46.6 Å². The first kappa shape index (κ1) is 17.1. The van der Waals surface area contributed by atoms with Gasteiger partial charge in [0, 0.05) is 5.69 Å². The molecule has 0 radical (unpaired) electrons. The number of ether oxygens (including phenoxy) is 1. The van der Waals surface area contributed by atoms with Crippen LogP contribution in [-0.2, 0) is 11.2 Å². The molecule has 122 valence electrons. The van der Waals surface area contributed by atoms with Crippen molar-refractivity contribution in [3.8, 4) is 5.75 Å². The average molecular weight is 311 g/mol. The molecule has 3 heteroatoms. The molecule has 0 aliphatic carbocycles. The van der Waals surface area contributed by atoms with Crippen LogP contribution in [0.25, 0.3) is 0 Å². The van der Waals surface area contributed by atoms with Gasteiger partial charge in [0.15, 0.2) is 6.10 Å². The van der Waals surface area contributed by atoms with Gasteiger partial charge in [-0.25, -0.2) is 0 Å². The molecular formula is C20H25NO2. The number of hydrogen-bond acceptors (Lipinski definition) is 2. The van der Waals surface area contributed by atoms with Crippen LogP contribution in [0, 0.1) is 13.8 Å². The Hall–Kier alpha value is -2.29. The van der Waals surface area contributed by atoms with Crippen molar-refractivity contribution in [3.63, 3.8) is 0 Å². The number of benzene rings is 2. The fourth-order valence-electron chi connectivity index (χ4n) is 2.47. The van der Waals surface area contributed by atoms with Crippen LogP contribution in [0.5, 0.6) is 5.75 Å². The Balaban J connectivity index is 2.14. The second kappa shape index (κ2) is 7.82. The number of carbonyl (C=O) groups excluding carboxylic acids is 1. The second-order valence-electron chi connectivity index (χ2n) is 5.78. The lowest BCUT2D eigenvalue weighted by Crippen LogP contribution is -2.32. The molecule has 0 saturated heterocycles. The van der Waals surface area contributed by atoms with Crippen molar-refractivity contribution >= 4 is 11.6 Å². The molecule has 0 spiro atoms. The van der Waals surface area contributed by atoms with Crippen LogP contribution in [0.15, 0.2) is 42.5 Å². The van der Waals surface area contributed by atoms with Gasteiger partial charge in [-0.05, 0) is 55.5 Å². The monoisotopic (exact) mass is 311 g/mol. The first-order valence-electron chi connectivity index (χ1n) is 8.17. The number of anilines is 1. The molecule has 1 atom stereocenters. The quantitative estimate of drug-likeness (QED) is 0.842. The zero-order chi connectivity index (χ0) is 16.8. The van der Waals surface area contributed by atoms with E-state index < -0.39 is 6.10 Å². The molecular weight excluding hydrogens is 286 g/mol. The predicted molar refractivity (Wildman–Crippen MR) is 95.1 cm³/mol. The zero-order valence-corrected chi connectivity index (χ0v) is 14.3. The lowest BCUT2D eigenvalue weighted by molar-refractivity contribution is -0.122. The van der Waals surface area contributed by atoms with E-state index in [9.17, 15) is 4.79 Å². The SMILES string of the molecule is CCc1ccccc1NC(=O)C(CC)Oc1cc(C)ccc1C. The summed E-state index contributed by atoms with van der Waals surface area (Å²) in [6.07, 6.45) is 0.999. The highest BCUT2D eigenvalue weighted by atomic mass is 16.5. The topological polar surface area (TPSA) is 38.3 Å². The minimum absolute atomic E-state index is 0.102. The molecule has 2 rings (SSSR count). The molecule has 0 aliphatic heterocycles. The van der Waals surface area contributed by atoms with E-state index in [1.54, 1.807) is 0 Å². The van der Waals surface area contributed by atoms with Crippen molar-refractivity contribution in [1.29, 1.82) is 0 Å². The summed E-state index contributed by atoms with van der Waals surface area (Å²) in [6, 6.07) is 13.9. The van der Waals surface area contributed by atoms with Gasteiger partial charge in [0.05, 0.1) is 0 Å². The summed E-state index contributed by atoms with van der Waals surface area (Å²) in [6.45, 7) is 8.05. The van der Waals surface area contributed by atoms with Gasteiger partial charge in [-0.15, -0.1) is 0 Å². The Morgan fingerprint density at radius 3 is 2.57 bits per heavy atom. The molecule has 0 heterocycles. The van der Waals surface area contributed by atoms with E-state index in [1.165, 1.54) is 0 Å². The molecule has 1 amide bonds. The third kappa shape index (κ3) is 4.35. The maximum atomic E-state index is 12.6. The van der Waals surface area contributed by atoms with Crippen LogP contribution in [0.2, 0.25) is 0 Å². The van der Waals surface area contributed by atoms with Crippen molar-refractivity contribution in [3.05, 3.63) is 59.2 Å². The summed E-state index contributed by atoms with van der Waals surface area (Å²) in [5.41, 5.74) is 4.15. The predicted octanol–water partition coefficient (Wildman–Crippen LogP) is 4.66. The van der Waals surface area contributed by atoms with E-state index >= 15 is 0 Å². The van der Waals surface area contributed by atoms with Gasteiger partial charge < -0.3 is 10.1 Å². The summed E-state index contributed by atoms with van der Waals surface area (Å²) in [5, 5.41) is 3.00. The van der Waals surface area contributed by atoms with E-state index in [1.807, 2.05) is 63.2 Å². The number of nitrogens with one attached hydrogen (secondary N) is 1. The Morgan fingerprint density at radius 2 is 1.87 bits per heavy atom. The Morgan fingerprint density at radius 1 is 1.13 bits per heavy atom. The maximum Gasteiger partial charge on any atom is 0.265 e. The highest BCUT2D eigenvalue weighted by molar-refractivity contribution is 5.95. The number of para-hydroxylation sites is 1. The fourth-order valence-corrected chi connectivity index (χ4v) is 2.47. The zero-order valence-electron chi connectivity index (χ0n) is 14.3. The molecule has 2 aromatic rings. The van der Waals surface area contributed by atoms with Crippen molar-refractivity contribution < 1.29 is 9.53 Å². The Labute approximate surface area is 138 Å². The van der Waals surface area contributed by atoms with Gasteiger partial charge in [0.2, 0.25) is 0 Å². The van der Waals surface area contributed by atoms with Crippen LogP contribution in [0.4, 0.5) is 5.69 Å². The summed E-state index contributed by atoms with van der Waals surface area (Å²) in [5.74, 6) is 0.671. The minimum Gasteiger partial charge on any atom is -0.480 e. The molecule has 3 nitrogen and oxygen atoms in total. The molecule has 0 aromatic heterocycles. The molecule has 2 aromatic carbocycles. The minimum atomic E-state index is -0.500. The third-order valence-electron chi connectivity index (χ3n) is 3.93. The van der Waals surface area contributed by atoms with Gasteiger partial charge in [0.25, 0.3) is 5.91 Å². The van der Waals surface area contributed by atoms with Gasteiger partial charge >= 0.3 is 0 Å². The number of carbonyl (C=O) groups is 1. The van der Waals surface area contributed by atoms with Crippen LogP contribution in [0.3, 0.4) is 0 Å². The number of amides is 1. The first-order chi connectivity index (χ1) is 11.0. The summed E-state index contributed by atoms with van der Waals surface area (Å²) >= 11 is 0. The Bertz CT molecular complexity index is 679. The molecule has 1 unspecified atom stereocenters. The first-order valence-corrected chi connectivity index (χ1v) is 8.17. The van der Waals surface area contributed by atoms with E-state index in [2.05, 4.69) is 12.2 Å². The van der Waals surface area contributed by atoms with Gasteiger partial charge in [-0.1, -0.05) is 44.2 Å². The maximum absolute atomic E-state index is 12.6. The van der Waals surface area contributed by atoms with E-state index in [0.717, 1.165) is 34.5 Å². The highest BCUT2D eigenvalue weighted by Gasteiger charge is 2.20. The van der Waals surface area contributed by atoms with Crippen molar-refractivity contribution in [1.82, 2.24) is 0 Å². The third-order valence-corrected chi connectivity index (χ3v) is 3.93. The average Bonchev–Trinajstić information content (AvgIpc) is 2.56. The Kier molecular flexibility index (Phi) is 5.80. The molecule has 0 saturated carbocycles. The highest BCUT2D eigenvalue weighted by Crippen LogP contribution is 2.22. The largest absolute Gasteiger partial charge is 0.480 e. The summed E-state index contributed by atoms with van der Waals surface area (Å²) in [4.78, 5) is 12.6. The lowest BCUT2D eigenvalue weighted by atomic mass is 10.1. The van der Waals surface area contributed by atoms with E-state index in [4.69, 9.17) is 4.74 Å². The second-order valence-corrected chi connectivity index (χ2v) is 5.78. The summed E-state index contributed by atoms with van der Waals surface area (Å²) < 4.78 is 5.97. The van der Waals surface area contributed by atoms with Crippen molar-refractivity contribution in [2.24, 2.45) is 0 Å². The molecule has 23 heavy (non-hydrogen) atoms.